The second-order valence-electron chi connectivity index (χ2n) is 5.51. The molecular formula is C20H20O3. The van der Waals surface area contributed by atoms with Crippen LogP contribution in [-0.2, 0) is 14.4 Å². The maximum atomic E-state index is 12.7. The average Bonchev–Trinajstić information content (AvgIpc) is 2.57. The minimum Gasteiger partial charge on any atom is -0.299 e. The molecule has 0 bridgehead atoms. The van der Waals surface area contributed by atoms with Gasteiger partial charge in [-0.3, -0.25) is 14.4 Å². The molecule has 0 fully saturated rings. The van der Waals surface area contributed by atoms with Crippen LogP contribution in [0.3, 0.4) is 0 Å². The van der Waals surface area contributed by atoms with Crippen LogP contribution in [-0.4, -0.2) is 17.3 Å². The molecule has 2 aromatic carbocycles. The lowest BCUT2D eigenvalue weighted by atomic mass is 9.85. The summed E-state index contributed by atoms with van der Waals surface area (Å²) in [5.41, 5.74) is 1.53. The van der Waals surface area contributed by atoms with E-state index in [4.69, 9.17) is 0 Å². The molecule has 0 aliphatic carbocycles. The highest BCUT2D eigenvalue weighted by Gasteiger charge is 2.29. The third-order valence-corrected chi connectivity index (χ3v) is 3.69. The van der Waals surface area contributed by atoms with E-state index in [2.05, 4.69) is 0 Å². The Morgan fingerprint density at radius 1 is 0.826 bits per heavy atom. The lowest BCUT2D eigenvalue weighted by Gasteiger charge is -2.16. The highest BCUT2D eigenvalue weighted by molar-refractivity contribution is 6.42. The predicted octanol–water partition coefficient (Wildman–Crippen LogP) is 3.72. The summed E-state index contributed by atoms with van der Waals surface area (Å²) in [6, 6.07) is 18.4. The Morgan fingerprint density at radius 3 is 1.74 bits per heavy atom. The summed E-state index contributed by atoms with van der Waals surface area (Å²) in [7, 11) is 0. The molecule has 3 nitrogen and oxygen atoms in total. The number of hydrogen-bond acceptors (Lipinski definition) is 3. The van der Waals surface area contributed by atoms with Crippen molar-refractivity contribution in [2.75, 3.05) is 0 Å². The molecule has 0 aliphatic rings. The first-order chi connectivity index (χ1) is 11.1. The van der Waals surface area contributed by atoms with E-state index in [9.17, 15) is 14.4 Å². The third kappa shape index (κ3) is 4.46. The van der Waals surface area contributed by atoms with E-state index < -0.39 is 17.5 Å². The smallest absolute Gasteiger partial charge is 0.210 e. The van der Waals surface area contributed by atoms with Crippen molar-refractivity contribution in [1.82, 2.24) is 0 Å². The first kappa shape index (κ1) is 16.8. The molecule has 23 heavy (non-hydrogen) atoms. The molecule has 0 aliphatic heterocycles. The number of carbonyl (C=O) groups excluding carboxylic acids is 3. The van der Waals surface area contributed by atoms with E-state index in [0.717, 1.165) is 11.1 Å². The van der Waals surface area contributed by atoms with Crippen LogP contribution in [0.2, 0.25) is 0 Å². The molecule has 0 N–H and O–H groups in total. The van der Waals surface area contributed by atoms with Gasteiger partial charge in [0.25, 0.3) is 0 Å². The van der Waals surface area contributed by atoms with E-state index in [-0.39, 0.29) is 12.2 Å². The molecule has 0 radical (unpaired) electrons. The van der Waals surface area contributed by atoms with Gasteiger partial charge in [0.1, 0.15) is 5.78 Å². The van der Waals surface area contributed by atoms with Gasteiger partial charge in [0, 0.05) is 6.42 Å². The first-order valence-electron chi connectivity index (χ1n) is 7.82. The van der Waals surface area contributed by atoms with Crippen molar-refractivity contribution in [3.8, 4) is 0 Å². The minimum atomic E-state index is -0.653. The van der Waals surface area contributed by atoms with Crippen molar-refractivity contribution in [1.29, 1.82) is 0 Å². The highest BCUT2D eigenvalue weighted by Crippen LogP contribution is 2.26. The topological polar surface area (TPSA) is 51.2 Å². The molecule has 0 heterocycles. The number of benzene rings is 2. The molecule has 0 saturated heterocycles. The van der Waals surface area contributed by atoms with Crippen LogP contribution in [0.4, 0.5) is 0 Å². The Bertz CT molecular complexity index is 635. The fourth-order valence-corrected chi connectivity index (χ4v) is 2.58. The Morgan fingerprint density at radius 2 is 1.30 bits per heavy atom. The van der Waals surface area contributed by atoms with E-state index in [1.54, 1.807) is 0 Å². The number of rotatable bonds is 8. The average molecular weight is 308 g/mol. The van der Waals surface area contributed by atoms with Gasteiger partial charge in [0.2, 0.25) is 11.6 Å². The zero-order valence-electron chi connectivity index (χ0n) is 13.2. The Hall–Kier alpha value is -2.55. The summed E-state index contributed by atoms with van der Waals surface area (Å²) < 4.78 is 0. The van der Waals surface area contributed by atoms with E-state index in [0.29, 0.717) is 12.8 Å². The second kappa shape index (κ2) is 8.18. The van der Waals surface area contributed by atoms with Gasteiger partial charge < -0.3 is 0 Å². The molecule has 2 aromatic rings. The van der Waals surface area contributed by atoms with Crippen LogP contribution in [0.1, 0.15) is 43.2 Å². The molecule has 0 amide bonds. The van der Waals surface area contributed by atoms with E-state index in [1.807, 2.05) is 67.6 Å². The monoisotopic (exact) mass is 308 g/mol. The lowest BCUT2D eigenvalue weighted by Crippen LogP contribution is -2.25. The van der Waals surface area contributed by atoms with Crippen molar-refractivity contribution in [2.45, 2.75) is 32.1 Å². The number of ketones is 3. The summed E-state index contributed by atoms with van der Waals surface area (Å²) in [6.45, 7) is 1.88. The van der Waals surface area contributed by atoms with Gasteiger partial charge in [-0.25, -0.2) is 0 Å². The Labute approximate surface area is 136 Å². The van der Waals surface area contributed by atoms with E-state index >= 15 is 0 Å². The van der Waals surface area contributed by atoms with Crippen LogP contribution < -0.4 is 0 Å². The first-order valence-corrected chi connectivity index (χ1v) is 7.82. The Kier molecular flexibility index (Phi) is 5.98. The molecular weight excluding hydrogens is 288 g/mol. The standard InChI is InChI=1S/C20H20O3/c1-2-9-17(21)14-18(22)20(23)19(15-10-5-3-6-11-15)16-12-7-4-8-13-16/h3-8,10-13,19H,2,9,14H2,1H3. The van der Waals surface area contributed by atoms with Crippen LogP contribution >= 0.6 is 0 Å². The molecule has 0 saturated carbocycles. The quantitative estimate of drug-likeness (QED) is 0.551. The number of carbonyl (C=O) groups is 3. The van der Waals surface area contributed by atoms with Gasteiger partial charge >= 0.3 is 0 Å². The summed E-state index contributed by atoms with van der Waals surface area (Å²) >= 11 is 0. The molecule has 0 atom stereocenters. The van der Waals surface area contributed by atoms with Crippen LogP contribution in [0.25, 0.3) is 0 Å². The zero-order chi connectivity index (χ0) is 16.7. The van der Waals surface area contributed by atoms with Crippen molar-refractivity contribution in [3.05, 3.63) is 71.8 Å². The third-order valence-electron chi connectivity index (χ3n) is 3.69. The SMILES string of the molecule is CCCC(=O)CC(=O)C(=O)C(c1ccccc1)c1ccccc1. The zero-order valence-corrected chi connectivity index (χ0v) is 13.2. The Balaban J connectivity index is 2.29. The largest absolute Gasteiger partial charge is 0.299 e. The summed E-state index contributed by atoms with van der Waals surface area (Å²) in [6.07, 6.45) is 0.713. The second-order valence-corrected chi connectivity index (χ2v) is 5.51. The van der Waals surface area contributed by atoms with Crippen molar-refractivity contribution in [2.24, 2.45) is 0 Å². The maximum Gasteiger partial charge on any atom is 0.210 e. The van der Waals surface area contributed by atoms with Crippen LogP contribution in [0, 0.1) is 0 Å². The van der Waals surface area contributed by atoms with Gasteiger partial charge in [-0.1, -0.05) is 67.6 Å². The summed E-state index contributed by atoms with van der Waals surface area (Å²) in [5, 5.41) is 0. The highest BCUT2D eigenvalue weighted by atomic mass is 16.2. The van der Waals surface area contributed by atoms with E-state index in [1.165, 1.54) is 0 Å². The van der Waals surface area contributed by atoms with Gasteiger partial charge in [-0.15, -0.1) is 0 Å². The van der Waals surface area contributed by atoms with Crippen molar-refractivity contribution < 1.29 is 14.4 Å². The summed E-state index contributed by atoms with van der Waals surface area (Å²) in [4.78, 5) is 36.6. The fraction of sp³-hybridized carbons (Fsp3) is 0.250. The number of hydrogen-bond donors (Lipinski definition) is 0. The molecule has 2 rings (SSSR count). The van der Waals surface area contributed by atoms with Crippen LogP contribution in [0.15, 0.2) is 60.7 Å². The number of Topliss-reactive ketones (excluding diaryl/α,β-unsaturated/α-hetero) is 3. The lowest BCUT2D eigenvalue weighted by molar-refractivity contribution is -0.139. The molecule has 118 valence electrons. The minimum absolute atomic E-state index is 0.175. The maximum absolute atomic E-state index is 12.7. The molecule has 0 spiro atoms. The molecule has 0 unspecified atom stereocenters. The van der Waals surface area contributed by atoms with Crippen molar-refractivity contribution >= 4 is 17.3 Å². The predicted molar refractivity (Wildman–Crippen MR) is 89.3 cm³/mol. The van der Waals surface area contributed by atoms with Crippen molar-refractivity contribution in [3.63, 3.8) is 0 Å². The van der Waals surface area contributed by atoms with Crippen LogP contribution in [0.5, 0.6) is 0 Å². The van der Waals surface area contributed by atoms with Gasteiger partial charge in [-0.2, -0.15) is 0 Å². The summed E-state index contributed by atoms with van der Waals surface area (Å²) in [5.74, 6) is -1.96. The normalized spacial score (nSPS) is 10.5. The van der Waals surface area contributed by atoms with Gasteiger partial charge in [0.05, 0.1) is 12.3 Å². The fourth-order valence-electron chi connectivity index (χ4n) is 2.58. The van der Waals surface area contributed by atoms with Gasteiger partial charge in [-0.05, 0) is 17.5 Å². The van der Waals surface area contributed by atoms with Gasteiger partial charge in [0.15, 0.2) is 0 Å². The molecule has 3 heteroatoms. The molecule has 0 aromatic heterocycles.